The van der Waals surface area contributed by atoms with E-state index in [0.29, 0.717) is 11.4 Å². The number of fused-ring (bicyclic) bond motifs is 1. The van der Waals surface area contributed by atoms with E-state index < -0.39 is 61.2 Å². The lowest BCUT2D eigenvalue weighted by Crippen LogP contribution is -2.44. The number of methoxy groups -OCH3 is 1. The predicted molar refractivity (Wildman–Crippen MR) is 158 cm³/mol. The quantitative estimate of drug-likeness (QED) is 0.128. The number of aromatic hydroxyl groups is 1. The van der Waals surface area contributed by atoms with Crippen molar-refractivity contribution in [3.05, 3.63) is 22.5 Å². The standard InChI is InChI=1S/C24H37N8O10PS/c1-11(2)41-20(35)12(3)29-43(38,44-9-13-19(34)31(6)23(36)30(13)5)40-8-14-16(33)24(4,37)21(42-14)32-10-26-15-17(32)27-22(25)28-18(15)39-7/h10-12,14,16,21,33-34,37H,8-9H2,1-7H3,(H,29,38)(H2,25,27,28)/t12-,14?,16-,21-,24-,43?/m1/s1. The molecule has 6 atom stereocenters. The van der Waals surface area contributed by atoms with Gasteiger partial charge in [0.1, 0.15) is 23.9 Å². The molecule has 18 nitrogen and oxygen atoms in total. The number of hydrogen-bond donors (Lipinski definition) is 5. The Bertz CT molecular complexity index is 1640. The summed E-state index contributed by atoms with van der Waals surface area (Å²) < 4.78 is 39.9. The lowest BCUT2D eigenvalue weighted by molar-refractivity contribution is -0.149. The number of nitrogens with zero attached hydrogens (tertiary/aromatic N) is 6. The molecule has 6 N–H and O–H groups in total. The summed E-state index contributed by atoms with van der Waals surface area (Å²) in [6, 6.07) is -1.09. The van der Waals surface area contributed by atoms with Gasteiger partial charge in [0.15, 0.2) is 17.4 Å². The largest absolute Gasteiger partial charge is 0.493 e. The van der Waals surface area contributed by atoms with Crippen LogP contribution < -0.4 is 21.2 Å². The van der Waals surface area contributed by atoms with E-state index in [9.17, 15) is 29.5 Å². The van der Waals surface area contributed by atoms with Crippen LogP contribution in [-0.4, -0.2) is 93.6 Å². The maximum Gasteiger partial charge on any atom is 0.330 e. The fraction of sp³-hybridized carbons (Fsp3) is 0.625. The van der Waals surface area contributed by atoms with Crippen molar-refractivity contribution < 1.29 is 43.4 Å². The molecule has 0 amide bonds. The van der Waals surface area contributed by atoms with Gasteiger partial charge in [0.2, 0.25) is 17.7 Å². The molecule has 4 heterocycles. The van der Waals surface area contributed by atoms with E-state index in [2.05, 4.69) is 20.0 Å². The third-order valence-electron chi connectivity index (χ3n) is 7.00. The average molecular weight is 661 g/mol. The van der Waals surface area contributed by atoms with Crippen LogP contribution >= 0.6 is 18.1 Å². The van der Waals surface area contributed by atoms with Gasteiger partial charge in [-0.15, -0.1) is 0 Å². The number of carbonyl (C=O) groups excluding carboxylic acids is 1. The number of carbonyl (C=O) groups is 1. The molecule has 0 spiro atoms. The van der Waals surface area contributed by atoms with Gasteiger partial charge in [-0.25, -0.2) is 14.9 Å². The Labute approximate surface area is 255 Å². The normalized spacial score (nSPS) is 24.1. The average Bonchev–Trinajstić information content (AvgIpc) is 3.52. The molecular weight excluding hydrogens is 623 g/mol. The number of ether oxygens (including phenoxy) is 3. The van der Waals surface area contributed by atoms with Crippen LogP contribution in [0.4, 0.5) is 5.95 Å². The zero-order valence-electron chi connectivity index (χ0n) is 25.2. The Morgan fingerprint density at radius 3 is 2.57 bits per heavy atom. The highest BCUT2D eigenvalue weighted by Crippen LogP contribution is 2.58. The number of nitrogens with one attached hydrogen (secondary N) is 1. The summed E-state index contributed by atoms with van der Waals surface area (Å²) in [7, 11) is 4.20. The molecule has 3 aromatic heterocycles. The van der Waals surface area contributed by atoms with Crippen LogP contribution in [0.2, 0.25) is 0 Å². The van der Waals surface area contributed by atoms with Crippen LogP contribution in [0, 0.1) is 0 Å². The number of rotatable bonds is 12. The van der Waals surface area contributed by atoms with Crippen molar-refractivity contribution in [2.75, 3.05) is 19.5 Å². The Balaban J connectivity index is 1.58. The highest BCUT2D eigenvalue weighted by molar-refractivity contribution is 8.55. The van der Waals surface area contributed by atoms with Crippen molar-refractivity contribution in [3.63, 3.8) is 0 Å². The second-order valence-electron chi connectivity index (χ2n) is 10.7. The van der Waals surface area contributed by atoms with Gasteiger partial charge in [-0.2, -0.15) is 9.97 Å². The van der Waals surface area contributed by atoms with E-state index in [1.165, 1.54) is 50.5 Å². The zero-order chi connectivity index (χ0) is 32.7. The van der Waals surface area contributed by atoms with Gasteiger partial charge < -0.3 is 39.8 Å². The minimum absolute atomic E-state index is 0.0976. The summed E-state index contributed by atoms with van der Waals surface area (Å²) in [6.07, 6.45) is -3.14. The van der Waals surface area contributed by atoms with Gasteiger partial charge in [0.25, 0.3) is 0 Å². The first-order chi connectivity index (χ1) is 20.5. The Hall–Kier alpha value is -3.19. The van der Waals surface area contributed by atoms with Crippen LogP contribution in [0.25, 0.3) is 11.2 Å². The molecule has 244 valence electrons. The molecule has 1 fully saturated rings. The smallest absolute Gasteiger partial charge is 0.330 e. The number of nitrogens with two attached hydrogens (primary N) is 1. The summed E-state index contributed by atoms with van der Waals surface area (Å²) in [5, 5.41) is 35.4. The van der Waals surface area contributed by atoms with Gasteiger partial charge in [-0.3, -0.25) is 23.1 Å². The molecule has 0 radical (unpaired) electrons. The Morgan fingerprint density at radius 2 is 1.98 bits per heavy atom. The molecular formula is C24H37N8O10PS. The first kappa shape index (κ1) is 33.7. The van der Waals surface area contributed by atoms with Crippen LogP contribution in [0.5, 0.6) is 11.8 Å². The van der Waals surface area contributed by atoms with E-state index in [-0.39, 0.29) is 40.3 Å². The van der Waals surface area contributed by atoms with Gasteiger partial charge >= 0.3 is 18.4 Å². The Kier molecular flexibility index (Phi) is 9.70. The summed E-state index contributed by atoms with van der Waals surface area (Å²) in [5.74, 6) is -1.20. The first-order valence-electron chi connectivity index (χ1n) is 13.4. The summed E-state index contributed by atoms with van der Waals surface area (Å²) in [4.78, 5) is 37.1. The van der Waals surface area contributed by atoms with Crippen molar-refractivity contribution >= 4 is 41.2 Å². The Morgan fingerprint density at radius 1 is 1.30 bits per heavy atom. The van der Waals surface area contributed by atoms with Gasteiger partial charge in [-0.1, -0.05) is 0 Å². The van der Waals surface area contributed by atoms with Crippen LogP contribution in [0.1, 0.15) is 39.6 Å². The molecule has 0 aromatic carbocycles. The van der Waals surface area contributed by atoms with Crippen molar-refractivity contribution in [3.8, 4) is 11.8 Å². The number of aliphatic hydroxyl groups is 2. The van der Waals surface area contributed by atoms with Gasteiger partial charge in [0.05, 0.1) is 31.8 Å². The maximum atomic E-state index is 14.1. The number of aliphatic hydroxyl groups excluding tert-OH is 1. The van der Waals surface area contributed by atoms with Crippen LogP contribution in [0.15, 0.2) is 11.1 Å². The number of aromatic nitrogens is 6. The van der Waals surface area contributed by atoms with Gasteiger partial charge in [0, 0.05) is 19.8 Å². The highest BCUT2D eigenvalue weighted by atomic mass is 32.7. The molecule has 1 aliphatic rings. The number of esters is 1. The highest BCUT2D eigenvalue weighted by Gasteiger charge is 2.54. The topological polar surface area (TPSA) is 240 Å². The summed E-state index contributed by atoms with van der Waals surface area (Å²) >= 11 is 0.704. The van der Waals surface area contributed by atoms with Crippen molar-refractivity contribution in [2.24, 2.45) is 14.1 Å². The fourth-order valence-electron chi connectivity index (χ4n) is 4.59. The third kappa shape index (κ3) is 6.44. The van der Waals surface area contributed by atoms with Crippen molar-refractivity contribution in [2.45, 2.75) is 69.6 Å². The molecule has 44 heavy (non-hydrogen) atoms. The molecule has 20 heteroatoms. The third-order valence-corrected chi connectivity index (χ3v) is 11.0. The predicted octanol–water partition coefficient (Wildman–Crippen LogP) is 0.157. The SMILES string of the molecule is COc1nc(N)nc2c1ncn2[C@@H]1OC(COP(=O)(N[C@H](C)C(=O)OC(C)C)SCc2c(O)n(C)c(=O)n2C)[C@@H](O)[C@@]1(C)O. The zero-order valence-corrected chi connectivity index (χ0v) is 26.9. The van der Waals surface area contributed by atoms with Crippen molar-refractivity contribution in [1.29, 1.82) is 0 Å². The molecule has 0 saturated carbocycles. The van der Waals surface area contributed by atoms with Gasteiger partial charge in [-0.05, 0) is 39.1 Å². The monoisotopic (exact) mass is 660 g/mol. The molecule has 0 aliphatic carbocycles. The minimum Gasteiger partial charge on any atom is -0.493 e. The fourth-order valence-corrected chi connectivity index (χ4v) is 8.33. The molecule has 0 bridgehead atoms. The molecule has 2 unspecified atom stereocenters. The molecule has 4 rings (SSSR count). The maximum absolute atomic E-state index is 14.1. The van der Waals surface area contributed by atoms with E-state index in [4.69, 9.17) is 24.5 Å². The number of imidazole rings is 2. The molecule has 3 aromatic rings. The second-order valence-corrected chi connectivity index (χ2v) is 15.0. The number of hydrogen-bond acceptors (Lipinski definition) is 15. The number of anilines is 1. The van der Waals surface area contributed by atoms with Crippen LogP contribution in [-0.2, 0) is 43.2 Å². The van der Waals surface area contributed by atoms with Crippen LogP contribution in [0.3, 0.4) is 0 Å². The second kappa shape index (κ2) is 12.7. The summed E-state index contributed by atoms with van der Waals surface area (Å²) in [6.45, 7) is 1.53. The van der Waals surface area contributed by atoms with Crippen molar-refractivity contribution in [1.82, 2.24) is 33.7 Å². The number of nitrogen functional groups attached to an aromatic ring is 1. The molecule has 1 aliphatic heterocycles. The minimum atomic E-state index is -4.06. The first-order valence-corrected chi connectivity index (χ1v) is 16.6. The van der Waals surface area contributed by atoms with E-state index in [1.54, 1.807) is 13.8 Å². The lowest BCUT2D eigenvalue weighted by atomic mass is 9.96. The van der Waals surface area contributed by atoms with E-state index in [1.807, 2.05) is 0 Å². The summed E-state index contributed by atoms with van der Waals surface area (Å²) in [5.41, 5.74) is 3.96. The van der Waals surface area contributed by atoms with E-state index >= 15 is 0 Å². The van der Waals surface area contributed by atoms with E-state index in [0.717, 1.165) is 4.57 Å². The lowest BCUT2D eigenvalue weighted by Gasteiger charge is -2.27. The molecule has 1 saturated heterocycles.